The zero-order valence-electron chi connectivity index (χ0n) is 15.8. The van der Waals surface area contributed by atoms with Crippen molar-refractivity contribution in [2.24, 2.45) is 5.92 Å². The highest BCUT2D eigenvalue weighted by atomic mass is 35.5. The van der Waals surface area contributed by atoms with Gasteiger partial charge in [0, 0.05) is 25.8 Å². The third kappa shape index (κ3) is 5.28. The Balaban J connectivity index is 1.56. The number of benzene rings is 1. The number of carbonyl (C=O) groups is 1. The van der Waals surface area contributed by atoms with Gasteiger partial charge in [-0.1, -0.05) is 11.6 Å². The van der Waals surface area contributed by atoms with Crippen LogP contribution >= 0.6 is 23.4 Å². The minimum Gasteiger partial charge on any atom is -0.339 e. The molecule has 1 aromatic heterocycles. The van der Waals surface area contributed by atoms with Crippen LogP contribution in [0.1, 0.15) is 23.2 Å². The number of likely N-dealkylation sites (tertiary alicyclic amines) is 1. The van der Waals surface area contributed by atoms with Crippen LogP contribution in [-0.2, 0) is 10.0 Å². The molecule has 1 aromatic carbocycles. The molecule has 0 unspecified atom stereocenters. The third-order valence-electron chi connectivity index (χ3n) is 4.86. The number of thioether (sulfide) groups is 1. The number of pyridine rings is 1. The molecule has 1 N–H and O–H groups in total. The molecule has 10 heteroatoms. The number of aromatic nitrogens is 1. The molecule has 0 radical (unpaired) electrons. The maximum absolute atomic E-state index is 13.3. The molecule has 1 amide bonds. The summed E-state index contributed by atoms with van der Waals surface area (Å²) >= 11 is 7.11. The lowest BCUT2D eigenvalue weighted by molar-refractivity contribution is 0.0687. The van der Waals surface area contributed by atoms with Crippen molar-refractivity contribution in [3.05, 3.63) is 52.9 Å². The largest absolute Gasteiger partial charge is 0.339 e. The van der Waals surface area contributed by atoms with Crippen molar-refractivity contribution in [2.75, 3.05) is 25.9 Å². The van der Waals surface area contributed by atoms with Crippen molar-refractivity contribution < 1.29 is 17.6 Å². The highest BCUT2D eigenvalue weighted by Gasteiger charge is 2.26. The molecule has 1 aliphatic heterocycles. The predicted molar refractivity (Wildman–Crippen MR) is 111 cm³/mol. The van der Waals surface area contributed by atoms with E-state index in [1.54, 1.807) is 23.2 Å². The number of nitrogens with zero attached hydrogens (tertiary/aromatic N) is 2. The van der Waals surface area contributed by atoms with Gasteiger partial charge in [-0.25, -0.2) is 22.5 Å². The van der Waals surface area contributed by atoms with Crippen LogP contribution in [0.25, 0.3) is 0 Å². The number of hydrogen-bond donors (Lipinski definition) is 1. The van der Waals surface area contributed by atoms with Gasteiger partial charge in [0.1, 0.15) is 10.8 Å². The van der Waals surface area contributed by atoms with E-state index in [1.807, 2.05) is 6.26 Å². The summed E-state index contributed by atoms with van der Waals surface area (Å²) in [5.41, 5.74) is 0.590. The maximum atomic E-state index is 13.3. The van der Waals surface area contributed by atoms with Gasteiger partial charge >= 0.3 is 0 Å². The average Bonchev–Trinajstić information content (AvgIpc) is 2.74. The molecule has 6 nitrogen and oxygen atoms in total. The summed E-state index contributed by atoms with van der Waals surface area (Å²) in [6.07, 6.45) is 4.92. The van der Waals surface area contributed by atoms with E-state index in [4.69, 9.17) is 11.6 Å². The van der Waals surface area contributed by atoms with Crippen molar-refractivity contribution in [2.45, 2.75) is 22.8 Å². The predicted octanol–water partition coefficient (Wildman–Crippen LogP) is 3.43. The fourth-order valence-corrected chi connectivity index (χ4v) is 5.11. The Morgan fingerprint density at radius 2 is 2.07 bits per heavy atom. The number of piperidine rings is 1. The van der Waals surface area contributed by atoms with Gasteiger partial charge < -0.3 is 4.90 Å². The zero-order chi connectivity index (χ0) is 21.0. The summed E-state index contributed by atoms with van der Waals surface area (Å²) in [4.78, 5) is 18.7. The van der Waals surface area contributed by atoms with Crippen LogP contribution in [0.4, 0.5) is 4.39 Å². The summed E-state index contributed by atoms with van der Waals surface area (Å²) < 4.78 is 40.6. The van der Waals surface area contributed by atoms with Crippen LogP contribution in [0, 0.1) is 11.7 Å². The van der Waals surface area contributed by atoms with Gasteiger partial charge in [-0.3, -0.25) is 4.79 Å². The molecule has 0 atom stereocenters. The second kappa shape index (κ2) is 9.42. The van der Waals surface area contributed by atoms with Crippen LogP contribution < -0.4 is 4.72 Å². The topological polar surface area (TPSA) is 79.4 Å². The molecule has 29 heavy (non-hydrogen) atoms. The van der Waals surface area contributed by atoms with Crippen molar-refractivity contribution >= 4 is 39.3 Å². The average molecular weight is 458 g/mol. The molecular formula is C19H21ClFN3O3S2. The van der Waals surface area contributed by atoms with E-state index in [-0.39, 0.29) is 28.3 Å². The van der Waals surface area contributed by atoms with Gasteiger partial charge in [0.25, 0.3) is 5.91 Å². The lowest BCUT2D eigenvalue weighted by Crippen LogP contribution is -2.41. The van der Waals surface area contributed by atoms with Crippen molar-refractivity contribution in [3.63, 3.8) is 0 Å². The van der Waals surface area contributed by atoms with E-state index < -0.39 is 15.8 Å². The van der Waals surface area contributed by atoms with Gasteiger partial charge in [-0.15, -0.1) is 11.8 Å². The number of nitrogens with one attached hydrogen (secondary N) is 1. The Kier molecular flexibility index (Phi) is 7.15. The van der Waals surface area contributed by atoms with E-state index >= 15 is 0 Å². The van der Waals surface area contributed by atoms with Gasteiger partial charge in [-0.05, 0) is 55.3 Å². The van der Waals surface area contributed by atoms with Crippen molar-refractivity contribution in [1.29, 1.82) is 0 Å². The van der Waals surface area contributed by atoms with Gasteiger partial charge in [0.15, 0.2) is 0 Å². The molecule has 0 bridgehead atoms. The molecule has 2 aromatic rings. The van der Waals surface area contributed by atoms with Crippen LogP contribution in [0.15, 0.2) is 46.5 Å². The zero-order valence-corrected chi connectivity index (χ0v) is 18.2. The highest BCUT2D eigenvalue weighted by Crippen LogP contribution is 2.24. The van der Waals surface area contributed by atoms with Gasteiger partial charge in [-0.2, -0.15) is 0 Å². The Labute approximate surface area is 178 Å². The second-order valence-electron chi connectivity index (χ2n) is 6.72. The monoisotopic (exact) mass is 457 g/mol. The van der Waals surface area contributed by atoms with E-state index in [0.717, 1.165) is 12.1 Å². The molecular weight excluding hydrogens is 437 g/mol. The molecule has 1 aliphatic rings. The number of carbonyl (C=O) groups excluding carboxylic acids is 1. The van der Waals surface area contributed by atoms with Gasteiger partial charge in [0.05, 0.1) is 15.5 Å². The van der Waals surface area contributed by atoms with Crippen molar-refractivity contribution in [1.82, 2.24) is 14.6 Å². The lowest BCUT2D eigenvalue weighted by atomic mass is 9.97. The summed E-state index contributed by atoms with van der Waals surface area (Å²) in [5.74, 6) is -0.609. The van der Waals surface area contributed by atoms with Crippen LogP contribution in [0.3, 0.4) is 0 Å². The van der Waals surface area contributed by atoms with E-state index in [9.17, 15) is 17.6 Å². The third-order valence-corrected chi connectivity index (χ3v) is 7.28. The lowest BCUT2D eigenvalue weighted by Gasteiger charge is -2.32. The second-order valence-corrected chi connectivity index (χ2v) is 9.69. The summed E-state index contributed by atoms with van der Waals surface area (Å²) in [6, 6.07) is 6.83. The van der Waals surface area contributed by atoms with E-state index in [0.29, 0.717) is 36.5 Å². The SMILES string of the molecule is CSc1ncccc1C(=O)N1CCC(CNS(=O)(=O)c2ccc(F)c(Cl)c2)CC1. The van der Waals surface area contributed by atoms with Crippen LogP contribution in [0.2, 0.25) is 5.02 Å². The highest BCUT2D eigenvalue weighted by molar-refractivity contribution is 7.98. The standard InChI is InChI=1S/C19H21ClFN3O3S2/c1-28-18-15(3-2-8-22-18)19(25)24-9-6-13(7-10-24)12-23-29(26,27)14-4-5-17(21)16(20)11-14/h2-5,8,11,13,23H,6-7,9-10,12H2,1H3. The summed E-state index contributed by atoms with van der Waals surface area (Å²) in [6.45, 7) is 1.36. The Hall–Kier alpha value is -1.68. The minimum atomic E-state index is -3.77. The molecule has 1 saturated heterocycles. The molecule has 1 fully saturated rings. The smallest absolute Gasteiger partial charge is 0.256 e. The fraction of sp³-hybridized carbons (Fsp3) is 0.368. The number of halogens is 2. The number of rotatable bonds is 6. The van der Waals surface area contributed by atoms with Crippen LogP contribution in [-0.4, -0.2) is 50.1 Å². The van der Waals surface area contributed by atoms with Gasteiger partial charge in [0.2, 0.25) is 10.0 Å². The Morgan fingerprint density at radius 1 is 1.34 bits per heavy atom. The molecule has 0 aliphatic carbocycles. The normalized spacial score (nSPS) is 15.5. The van der Waals surface area contributed by atoms with Crippen molar-refractivity contribution in [3.8, 4) is 0 Å². The number of hydrogen-bond acceptors (Lipinski definition) is 5. The van der Waals surface area contributed by atoms with E-state index in [2.05, 4.69) is 9.71 Å². The molecule has 156 valence electrons. The maximum Gasteiger partial charge on any atom is 0.256 e. The van der Waals surface area contributed by atoms with E-state index in [1.165, 1.54) is 17.8 Å². The fourth-order valence-electron chi connectivity index (χ4n) is 3.18. The molecule has 0 spiro atoms. The first-order chi connectivity index (χ1) is 13.8. The van der Waals surface area contributed by atoms with Crippen LogP contribution in [0.5, 0.6) is 0 Å². The minimum absolute atomic E-state index is 0.0533. The summed E-state index contributed by atoms with van der Waals surface area (Å²) in [7, 11) is -3.77. The first-order valence-electron chi connectivity index (χ1n) is 9.05. The molecule has 0 saturated carbocycles. The summed E-state index contributed by atoms with van der Waals surface area (Å²) in [5, 5.41) is 0.463. The Bertz CT molecular complexity index is 996. The Morgan fingerprint density at radius 3 is 2.72 bits per heavy atom. The first kappa shape index (κ1) is 22.0. The number of sulfonamides is 1. The number of amides is 1. The molecule has 2 heterocycles. The quantitative estimate of drug-likeness (QED) is 0.672. The first-order valence-corrected chi connectivity index (χ1v) is 12.1. The molecule has 3 rings (SSSR count).